The molecule has 2 saturated carbocycles. The monoisotopic (exact) mass is 204 g/mol. The highest BCUT2D eigenvalue weighted by molar-refractivity contribution is 5.35. The van der Waals surface area contributed by atoms with Gasteiger partial charge in [0, 0.05) is 0 Å². The molecular formula is C15H24. The molecular weight excluding hydrogens is 180 g/mol. The van der Waals surface area contributed by atoms with Crippen LogP contribution in [0.2, 0.25) is 0 Å². The van der Waals surface area contributed by atoms with E-state index in [1.54, 1.807) is 5.57 Å². The molecule has 0 N–H and O–H groups in total. The van der Waals surface area contributed by atoms with E-state index < -0.39 is 0 Å². The summed E-state index contributed by atoms with van der Waals surface area (Å²) in [4.78, 5) is 0. The lowest BCUT2D eigenvalue weighted by Gasteiger charge is -2.35. The van der Waals surface area contributed by atoms with Crippen LogP contribution in [-0.4, -0.2) is 0 Å². The van der Waals surface area contributed by atoms with Crippen molar-refractivity contribution in [3.63, 3.8) is 0 Å². The molecule has 3 aliphatic carbocycles. The van der Waals surface area contributed by atoms with Crippen molar-refractivity contribution in [2.45, 2.75) is 47.0 Å². The van der Waals surface area contributed by atoms with Crippen molar-refractivity contribution >= 4 is 0 Å². The van der Waals surface area contributed by atoms with E-state index in [-0.39, 0.29) is 0 Å². The summed E-state index contributed by atoms with van der Waals surface area (Å²) >= 11 is 0. The Morgan fingerprint density at radius 3 is 2.73 bits per heavy atom. The van der Waals surface area contributed by atoms with Crippen molar-refractivity contribution in [1.29, 1.82) is 0 Å². The van der Waals surface area contributed by atoms with Crippen molar-refractivity contribution in [3.8, 4) is 0 Å². The molecule has 0 aromatic rings. The Labute approximate surface area is 94.1 Å². The lowest BCUT2D eigenvalue weighted by atomic mass is 9.70. The zero-order valence-corrected chi connectivity index (χ0v) is 10.6. The third-order valence-electron chi connectivity index (χ3n) is 5.89. The van der Waals surface area contributed by atoms with Crippen molar-refractivity contribution in [2.24, 2.45) is 35.0 Å². The third kappa shape index (κ3) is 1.04. The maximum Gasteiger partial charge on any atom is -0.0104 e. The fourth-order valence-corrected chi connectivity index (χ4v) is 5.05. The number of hydrogen-bond acceptors (Lipinski definition) is 0. The highest BCUT2D eigenvalue weighted by atomic mass is 14.8. The molecule has 0 aliphatic heterocycles. The van der Waals surface area contributed by atoms with Gasteiger partial charge in [-0.25, -0.2) is 0 Å². The Bertz CT molecular complexity index is 312. The topological polar surface area (TPSA) is 0 Å². The summed E-state index contributed by atoms with van der Waals surface area (Å²) < 4.78 is 0. The maximum atomic E-state index is 2.53. The molecule has 0 aromatic carbocycles. The highest BCUT2D eigenvalue weighted by Crippen LogP contribution is 2.77. The van der Waals surface area contributed by atoms with Gasteiger partial charge in [-0.1, -0.05) is 32.4 Å². The molecule has 0 heteroatoms. The average Bonchev–Trinajstić information content (AvgIpc) is 2.75. The van der Waals surface area contributed by atoms with Gasteiger partial charge in [0.05, 0.1) is 0 Å². The van der Waals surface area contributed by atoms with E-state index in [9.17, 15) is 0 Å². The minimum absolute atomic E-state index is 0.747. The van der Waals surface area contributed by atoms with E-state index in [4.69, 9.17) is 0 Å². The summed E-state index contributed by atoms with van der Waals surface area (Å²) in [5, 5.41) is 0. The van der Waals surface area contributed by atoms with Gasteiger partial charge in [-0.05, 0) is 61.2 Å². The van der Waals surface area contributed by atoms with E-state index >= 15 is 0 Å². The molecule has 3 aliphatic rings. The molecule has 0 aromatic heterocycles. The first-order chi connectivity index (χ1) is 7.09. The molecule has 0 heterocycles. The van der Waals surface area contributed by atoms with Gasteiger partial charge in [-0.15, -0.1) is 0 Å². The Balaban J connectivity index is 1.91. The number of hydrogen-bond donors (Lipinski definition) is 0. The highest BCUT2D eigenvalue weighted by Gasteiger charge is 2.71. The van der Waals surface area contributed by atoms with Crippen molar-refractivity contribution in [1.82, 2.24) is 0 Å². The minimum atomic E-state index is 0.747. The van der Waals surface area contributed by atoms with Gasteiger partial charge in [-0.3, -0.25) is 0 Å². The molecule has 3 rings (SSSR count). The fourth-order valence-electron chi connectivity index (χ4n) is 5.05. The molecule has 0 bridgehead atoms. The SMILES string of the molecule is CC1=CCC23C1[C@@H]2[C@@H](C(C)C)CC[C@@H]3C. The molecule has 0 nitrogen and oxygen atoms in total. The van der Waals surface area contributed by atoms with Crippen LogP contribution in [0.5, 0.6) is 0 Å². The summed E-state index contributed by atoms with van der Waals surface area (Å²) in [5.41, 5.74) is 2.47. The summed E-state index contributed by atoms with van der Waals surface area (Å²) in [7, 11) is 0. The zero-order valence-electron chi connectivity index (χ0n) is 10.6. The number of rotatable bonds is 1. The molecule has 15 heavy (non-hydrogen) atoms. The van der Waals surface area contributed by atoms with Gasteiger partial charge in [0.1, 0.15) is 0 Å². The average molecular weight is 204 g/mol. The maximum absolute atomic E-state index is 2.53. The molecule has 0 saturated heterocycles. The number of fused-ring (bicyclic) bond motifs is 1. The van der Waals surface area contributed by atoms with E-state index in [0.717, 1.165) is 35.0 Å². The van der Waals surface area contributed by atoms with Crippen LogP contribution < -0.4 is 0 Å². The predicted molar refractivity (Wildman–Crippen MR) is 64.5 cm³/mol. The molecule has 0 radical (unpaired) electrons. The van der Waals surface area contributed by atoms with Crippen LogP contribution in [0.25, 0.3) is 0 Å². The van der Waals surface area contributed by atoms with Crippen LogP contribution in [0.3, 0.4) is 0 Å². The second-order valence-electron chi connectivity index (χ2n) is 6.65. The number of allylic oxidation sites excluding steroid dienone is 2. The molecule has 2 unspecified atom stereocenters. The van der Waals surface area contributed by atoms with Crippen LogP contribution in [0.15, 0.2) is 11.6 Å². The van der Waals surface area contributed by atoms with Crippen molar-refractivity contribution in [3.05, 3.63) is 11.6 Å². The van der Waals surface area contributed by atoms with E-state index in [1.807, 2.05) is 0 Å². The Morgan fingerprint density at radius 1 is 1.33 bits per heavy atom. The van der Waals surface area contributed by atoms with Gasteiger partial charge in [0.2, 0.25) is 0 Å². The summed E-state index contributed by atoms with van der Waals surface area (Å²) in [6.45, 7) is 9.75. The molecule has 5 atom stereocenters. The van der Waals surface area contributed by atoms with Gasteiger partial charge in [0.25, 0.3) is 0 Å². The molecule has 84 valence electrons. The largest absolute Gasteiger partial charge is 0.0847 e. The first-order valence-corrected chi connectivity index (χ1v) is 6.75. The lowest BCUT2D eigenvalue weighted by molar-refractivity contribution is 0.149. The Hall–Kier alpha value is -0.260. The standard InChI is InChI=1S/C15H24/c1-9(2)12-6-5-11(4)15-8-7-10(3)13(15)14(12)15/h7,9,11-14H,5-6,8H2,1-4H3/t11-,12+,13?,14-,15?/m0/s1. The second kappa shape index (κ2) is 2.90. The quantitative estimate of drug-likeness (QED) is 0.559. The minimum Gasteiger partial charge on any atom is -0.0847 e. The van der Waals surface area contributed by atoms with Crippen LogP contribution in [0.4, 0.5) is 0 Å². The zero-order chi connectivity index (χ0) is 10.8. The summed E-state index contributed by atoms with van der Waals surface area (Å²) in [6.07, 6.45) is 6.91. The van der Waals surface area contributed by atoms with E-state index in [0.29, 0.717) is 0 Å². The summed E-state index contributed by atoms with van der Waals surface area (Å²) in [6, 6.07) is 0. The fraction of sp³-hybridized carbons (Fsp3) is 0.867. The van der Waals surface area contributed by atoms with Gasteiger partial charge < -0.3 is 0 Å². The van der Waals surface area contributed by atoms with Gasteiger partial charge >= 0.3 is 0 Å². The van der Waals surface area contributed by atoms with Crippen LogP contribution in [0.1, 0.15) is 47.0 Å². The Morgan fingerprint density at radius 2 is 2.07 bits per heavy atom. The summed E-state index contributed by atoms with van der Waals surface area (Å²) in [5.74, 6) is 4.96. The van der Waals surface area contributed by atoms with Gasteiger partial charge in [-0.2, -0.15) is 0 Å². The lowest BCUT2D eigenvalue weighted by Crippen LogP contribution is -2.27. The van der Waals surface area contributed by atoms with Crippen molar-refractivity contribution in [2.75, 3.05) is 0 Å². The van der Waals surface area contributed by atoms with Crippen LogP contribution >= 0.6 is 0 Å². The van der Waals surface area contributed by atoms with Crippen LogP contribution in [-0.2, 0) is 0 Å². The predicted octanol–water partition coefficient (Wildman–Crippen LogP) is 4.27. The van der Waals surface area contributed by atoms with Crippen molar-refractivity contribution < 1.29 is 0 Å². The van der Waals surface area contributed by atoms with E-state index in [1.165, 1.54) is 19.3 Å². The van der Waals surface area contributed by atoms with Gasteiger partial charge in [0.15, 0.2) is 0 Å². The molecule has 0 amide bonds. The molecule has 2 fully saturated rings. The normalized spacial score (nSPS) is 52.5. The van der Waals surface area contributed by atoms with Crippen LogP contribution in [0, 0.1) is 35.0 Å². The Kier molecular flexibility index (Phi) is 1.92. The second-order valence-corrected chi connectivity index (χ2v) is 6.65. The smallest absolute Gasteiger partial charge is 0.0104 e. The molecule has 1 spiro atoms. The third-order valence-corrected chi connectivity index (χ3v) is 5.89. The van der Waals surface area contributed by atoms with E-state index in [2.05, 4.69) is 33.8 Å². The first-order valence-electron chi connectivity index (χ1n) is 6.75. The first kappa shape index (κ1) is 9.93.